The Kier molecular flexibility index (Phi) is 36.7. The molecule has 0 N–H and O–H groups in total. The number of hydrogen-bond acceptors (Lipinski definition) is 5. The average molecular weight is 1310 g/mol. The van der Waals surface area contributed by atoms with Crippen molar-refractivity contribution < 1.29 is 0 Å². The summed E-state index contributed by atoms with van der Waals surface area (Å²) in [7, 11) is 0. The Bertz CT molecular complexity index is 3230. The van der Waals surface area contributed by atoms with E-state index < -0.39 is 0 Å². The molecule has 0 spiro atoms. The normalized spacial score (nSPS) is 12.5. The van der Waals surface area contributed by atoms with Gasteiger partial charge in [-0.15, -0.1) is 58.8 Å². The molecule has 6 aromatic rings. The molecule has 0 heterocycles. The lowest BCUT2D eigenvalue weighted by molar-refractivity contribution is 0.499. The number of thioether (sulfide) groups is 5. The number of unbranched alkanes of at least 4 members (excludes halogenated alkanes) is 5. The Hall–Kier alpha value is -5.13. The van der Waals surface area contributed by atoms with Crippen LogP contribution >= 0.6 is 58.8 Å². The van der Waals surface area contributed by atoms with Crippen LogP contribution in [0, 0.1) is 95.7 Å². The van der Waals surface area contributed by atoms with Gasteiger partial charge in [-0.3, -0.25) is 0 Å². The molecule has 5 atom stereocenters. The van der Waals surface area contributed by atoms with Crippen LogP contribution in [0.15, 0.2) is 146 Å². The fraction of sp³-hybridized carbons (Fsp3) is 0.471. The molecule has 0 radical (unpaired) electrons. The second kappa shape index (κ2) is 44.5. The first-order valence-corrected chi connectivity index (χ1v) is 40.4. The lowest BCUT2D eigenvalue weighted by Crippen LogP contribution is -2.04. The van der Waals surface area contributed by atoms with Crippen molar-refractivity contribution in [2.75, 3.05) is 28.8 Å². The first-order chi connectivity index (χ1) is 45.1. The fourth-order valence-electron chi connectivity index (χ4n) is 11.0. The third-order valence-corrected chi connectivity index (χ3v) is 24.0. The van der Waals surface area contributed by atoms with Crippen molar-refractivity contribution in [3.8, 4) is 59.2 Å². The van der Waals surface area contributed by atoms with Gasteiger partial charge >= 0.3 is 0 Å². The third kappa shape index (κ3) is 26.9. The van der Waals surface area contributed by atoms with Gasteiger partial charge in [-0.2, -0.15) is 0 Å². The van der Waals surface area contributed by atoms with Crippen LogP contribution in [0.25, 0.3) is 0 Å². The quantitative estimate of drug-likeness (QED) is 0.0286. The molecule has 0 aliphatic heterocycles. The maximum Gasteiger partial charge on any atom is 0.0588 e. The molecule has 0 aliphatic carbocycles. The van der Waals surface area contributed by atoms with Crippen molar-refractivity contribution in [3.05, 3.63) is 183 Å². The molecule has 6 rings (SSSR count). The summed E-state index contributed by atoms with van der Waals surface area (Å²) in [5.74, 6) is 46.4. The SMILES string of the molecule is CCCCC(CC)CSc1ccc(C#Cc2c(C)c(C#Cc3ccc(SCC(CC)CCCC)cc3)c(C#Cc3ccc(SCC(CC)CCCC)cc3)c(C#Cc3ccc(SCC(CC)CCCC)cc3)c2C#Cc2ccc(SCC(CC)CCCC)cc2)cc1. The van der Waals surface area contributed by atoms with Crippen molar-refractivity contribution in [3.63, 3.8) is 0 Å². The maximum atomic E-state index is 3.78. The number of rotatable bonds is 35. The van der Waals surface area contributed by atoms with E-state index in [9.17, 15) is 0 Å². The van der Waals surface area contributed by atoms with Crippen LogP contribution in [0.5, 0.6) is 0 Å². The standard InChI is InChI=1S/C87H108S5/c1-12-22-27-68(17-6)62-88-78-47-32-73(33-48-78)42-57-83-67(11)84(58-43-74-34-49-79(50-35-74)89-63-69(18-7)28-23-13-2)86(60-45-76-38-53-81(54-39-76)91-65-71(20-9)30-25-15-4)87(61-46-77-40-55-82(56-41-77)92-66-72(21-10)31-26-16-5)85(83)59-44-75-36-51-80(52-37-75)90-64-70(19-8)29-24-14-3/h32-41,47-56,68-72H,12-31,62-66H2,1-11H3. The van der Waals surface area contributed by atoms with E-state index >= 15 is 0 Å². The van der Waals surface area contributed by atoms with Crippen molar-refractivity contribution in [2.24, 2.45) is 29.6 Å². The minimum absolute atomic E-state index is 0.723. The largest absolute Gasteiger partial charge is 0.126 e. The zero-order valence-electron chi connectivity index (χ0n) is 58.2. The molecule has 0 aliphatic rings. The highest BCUT2D eigenvalue weighted by Crippen LogP contribution is 2.33. The van der Waals surface area contributed by atoms with Crippen molar-refractivity contribution >= 4 is 58.8 Å². The summed E-state index contributed by atoms with van der Waals surface area (Å²) in [5.41, 5.74) is 9.65. The molecule has 0 saturated carbocycles. The van der Waals surface area contributed by atoms with E-state index in [0.29, 0.717) is 0 Å². The van der Waals surface area contributed by atoms with E-state index in [-0.39, 0.29) is 0 Å². The van der Waals surface area contributed by atoms with Gasteiger partial charge in [0.15, 0.2) is 0 Å². The second-order valence-corrected chi connectivity index (χ2v) is 30.5. The van der Waals surface area contributed by atoms with E-state index in [1.165, 1.54) is 153 Å². The van der Waals surface area contributed by atoms with Gasteiger partial charge in [0.1, 0.15) is 0 Å². The molecule has 92 heavy (non-hydrogen) atoms. The van der Waals surface area contributed by atoms with Gasteiger partial charge in [0.05, 0.1) is 16.7 Å². The maximum absolute atomic E-state index is 3.78. The minimum Gasteiger partial charge on any atom is -0.126 e. The molecule has 486 valence electrons. The Morgan fingerprint density at radius 2 is 0.413 bits per heavy atom. The monoisotopic (exact) mass is 1310 g/mol. The Morgan fingerprint density at radius 3 is 0.587 bits per heavy atom. The lowest BCUT2D eigenvalue weighted by atomic mass is 9.87. The Balaban J connectivity index is 1.57. The van der Waals surface area contributed by atoms with Crippen LogP contribution in [-0.4, -0.2) is 28.8 Å². The first kappa shape index (κ1) is 75.9. The minimum atomic E-state index is 0.723. The summed E-state index contributed by atoms with van der Waals surface area (Å²) in [5, 5.41) is 0. The average Bonchev–Trinajstić information content (AvgIpc) is 0.787. The first-order valence-electron chi connectivity index (χ1n) is 35.5. The van der Waals surface area contributed by atoms with E-state index in [4.69, 9.17) is 0 Å². The summed E-state index contributed by atoms with van der Waals surface area (Å²) >= 11 is 9.83. The topological polar surface area (TPSA) is 0 Å². The van der Waals surface area contributed by atoms with Crippen LogP contribution in [0.4, 0.5) is 0 Å². The molecule has 5 unspecified atom stereocenters. The highest BCUT2D eigenvalue weighted by atomic mass is 32.2. The molecule has 0 bridgehead atoms. The zero-order valence-corrected chi connectivity index (χ0v) is 62.2. The van der Waals surface area contributed by atoms with Crippen LogP contribution in [0.3, 0.4) is 0 Å². The van der Waals surface area contributed by atoms with E-state index in [2.05, 4.69) is 257 Å². The van der Waals surface area contributed by atoms with Gasteiger partial charge in [-0.25, -0.2) is 0 Å². The molecular weight excluding hydrogens is 1210 g/mol. The van der Waals surface area contributed by atoms with E-state index in [1.807, 2.05) is 58.8 Å². The van der Waals surface area contributed by atoms with Gasteiger partial charge in [-0.1, -0.05) is 225 Å². The number of hydrogen-bond donors (Lipinski definition) is 0. The summed E-state index contributed by atoms with van der Waals surface area (Å²) in [6, 6.07) is 44.2. The van der Waals surface area contributed by atoms with Crippen LogP contribution < -0.4 is 0 Å². The molecular formula is C87H108S5. The molecule has 0 amide bonds. The predicted octanol–water partition coefficient (Wildman–Crippen LogP) is 25.5. The van der Waals surface area contributed by atoms with Crippen LogP contribution in [0.1, 0.15) is 259 Å². The van der Waals surface area contributed by atoms with Gasteiger partial charge in [-0.05, 0) is 196 Å². The molecule has 0 nitrogen and oxygen atoms in total. The van der Waals surface area contributed by atoms with E-state index in [0.717, 1.165) is 120 Å². The van der Waals surface area contributed by atoms with Gasteiger partial charge < -0.3 is 0 Å². The van der Waals surface area contributed by atoms with Crippen molar-refractivity contribution in [1.29, 1.82) is 0 Å². The highest BCUT2D eigenvalue weighted by Gasteiger charge is 2.20. The summed E-state index contributed by atoms with van der Waals surface area (Å²) in [6.45, 7) is 25.3. The molecule has 0 fully saturated rings. The lowest BCUT2D eigenvalue weighted by Gasteiger charge is -2.14. The predicted molar refractivity (Wildman–Crippen MR) is 413 cm³/mol. The number of benzene rings is 6. The van der Waals surface area contributed by atoms with Crippen molar-refractivity contribution in [2.45, 2.75) is 229 Å². The summed E-state index contributed by atoms with van der Waals surface area (Å²) in [4.78, 5) is 6.40. The zero-order chi connectivity index (χ0) is 65.6. The molecule has 6 aromatic carbocycles. The summed E-state index contributed by atoms with van der Waals surface area (Å²) in [6.07, 6.45) is 25.2. The van der Waals surface area contributed by atoms with Crippen molar-refractivity contribution in [1.82, 2.24) is 0 Å². The third-order valence-electron chi connectivity index (χ3n) is 17.8. The fourth-order valence-corrected chi connectivity index (χ4v) is 16.8. The Morgan fingerprint density at radius 1 is 0.239 bits per heavy atom. The smallest absolute Gasteiger partial charge is 0.0588 e. The van der Waals surface area contributed by atoms with Gasteiger partial charge in [0, 0.05) is 92.2 Å². The van der Waals surface area contributed by atoms with Gasteiger partial charge in [0.25, 0.3) is 0 Å². The molecule has 0 aromatic heterocycles. The second-order valence-electron chi connectivity index (χ2n) is 25.0. The molecule has 0 saturated heterocycles. The summed E-state index contributed by atoms with van der Waals surface area (Å²) < 4.78 is 0. The van der Waals surface area contributed by atoms with Crippen LogP contribution in [0.2, 0.25) is 0 Å². The van der Waals surface area contributed by atoms with Crippen LogP contribution in [-0.2, 0) is 0 Å². The van der Waals surface area contributed by atoms with E-state index in [1.54, 1.807) is 0 Å². The Labute approximate surface area is 583 Å². The van der Waals surface area contributed by atoms with Gasteiger partial charge in [0.2, 0.25) is 0 Å². The molecule has 5 heteroatoms. The highest BCUT2D eigenvalue weighted by molar-refractivity contribution is 8.00.